The minimum Gasteiger partial charge on any atom is -0.493 e. The number of nitrogens with zero attached hydrogens (tertiary/aromatic N) is 1. The van der Waals surface area contributed by atoms with E-state index in [1.165, 1.54) is 0 Å². The predicted octanol–water partition coefficient (Wildman–Crippen LogP) is 1.81. The lowest BCUT2D eigenvalue weighted by Gasteiger charge is -2.34. The fraction of sp³-hybridized carbons (Fsp3) is 0.600. The van der Waals surface area contributed by atoms with Crippen LogP contribution in [0.1, 0.15) is 24.9 Å². The zero-order valence-corrected chi connectivity index (χ0v) is 11.8. The highest BCUT2D eigenvalue weighted by Crippen LogP contribution is 2.28. The molecule has 1 fully saturated rings. The van der Waals surface area contributed by atoms with Crippen LogP contribution in [0.25, 0.3) is 0 Å². The van der Waals surface area contributed by atoms with E-state index in [4.69, 9.17) is 15.2 Å². The maximum absolute atomic E-state index is 6.37. The van der Waals surface area contributed by atoms with E-state index < -0.39 is 0 Å². The van der Waals surface area contributed by atoms with Crippen LogP contribution in [0.4, 0.5) is 0 Å². The summed E-state index contributed by atoms with van der Waals surface area (Å²) in [5.74, 6) is 0.883. The summed E-state index contributed by atoms with van der Waals surface area (Å²) in [4.78, 5) is 2.25. The monoisotopic (exact) mass is 264 g/mol. The van der Waals surface area contributed by atoms with Gasteiger partial charge in [-0.05, 0) is 19.5 Å². The highest BCUT2D eigenvalue weighted by Gasteiger charge is 2.27. The molecule has 0 amide bonds. The third-order valence-electron chi connectivity index (χ3n) is 3.44. The third-order valence-corrected chi connectivity index (χ3v) is 3.44. The number of morpholine rings is 1. The lowest BCUT2D eigenvalue weighted by Crippen LogP contribution is -2.45. The maximum Gasteiger partial charge on any atom is 0.124 e. The van der Waals surface area contributed by atoms with E-state index in [9.17, 15) is 0 Å². The Hall–Kier alpha value is -1.10. The molecule has 106 valence electrons. The fourth-order valence-electron chi connectivity index (χ4n) is 2.33. The van der Waals surface area contributed by atoms with Crippen molar-refractivity contribution >= 4 is 0 Å². The average molecular weight is 264 g/mol. The zero-order valence-electron chi connectivity index (χ0n) is 11.8. The van der Waals surface area contributed by atoms with Gasteiger partial charge in [0.25, 0.3) is 0 Å². The van der Waals surface area contributed by atoms with Crippen molar-refractivity contribution in [1.82, 2.24) is 4.90 Å². The van der Waals surface area contributed by atoms with Crippen LogP contribution in [0, 0.1) is 0 Å². The molecular formula is C15H24N2O2. The summed E-state index contributed by atoms with van der Waals surface area (Å²) in [5.41, 5.74) is 7.41. The van der Waals surface area contributed by atoms with Gasteiger partial charge in [-0.2, -0.15) is 0 Å². The van der Waals surface area contributed by atoms with Gasteiger partial charge in [0.05, 0.1) is 25.4 Å². The summed E-state index contributed by atoms with van der Waals surface area (Å²) in [7, 11) is 2.10. The van der Waals surface area contributed by atoms with Gasteiger partial charge in [0.1, 0.15) is 5.75 Å². The third kappa shape index (κ3) is 3.69. The van der Waals surface area contributed by atoms with Crippen molar-refractivity contribution in [3.8, 4) is 5.75 Å². The number of nitrogens with two attached hydrogens (primary N) is 1. The van der Waals surface area contributed by atoms with Gasteiger partial charge < -0.3 is 20.1 Å². The van der Waals surface area contributed by atoms with E-state index in [1.54, 1.807) is 0 Å². The van der Waals surface area contributed by atoms with Crippen LogP contribution in [-0.4, -0.2) is 44.4 Å². The number of hydrogen-bond donors (Lipinski definition) is 1. The predicted molar refractivity (Wildman–Crippen MR) is 76.4 cm³/mol. The highest BCUT2D eigenvalue weighted by atomic mass is 16.5. The van der Waals surface area contributed by atoms with Gasteiger partial charge in [-0.25, -0.2) is 0 Å². The van der Waals surface area contributed by atoms with Crippen molar-refractivity contribution in [1.29, 1.82) is 0 Å². The summed E-state index contributed by atoms with van der Waals surface area (Å²) in [6.45, 7) is 5.39. The molecule has 1 aliphatic rings. The first-order valence-electron chi connectivity index (χ1n) is 6.99. The molecule has 2 unspecified atom stereocenters. The Morgan fingerprint density at radius 3 is 3.00 bits per heavy atom. The largest absolute Gasteiger partial charge is 0.493 e. The maximum atomic E-state index is 6.37. The van der Waals surface area contributed by atoms with Crippen molar-refractivity contribution in [2.45, 2.75) is 25.5 Å². The first-order chi connectivity index (χ1) is 9.22. The summed E-state index contributed by atoms with van der Waals surface area (Å²) in [5, 5.41) is 0. The van der Waals surface area contributed by atoms with Crippen LogP contribution >= 0.6 is 0 Å². The second-order valence-corrected chi connectivity index (χ2v) is 5.08. The van der Waals surface area contributed by atoms with E-state index in [-0.39, 0.29) is 12.1 Å². The van der Waals surface area contributed by atoms with Gasteiger partial charge in [0, 0.05) is 18.7 Å². The van der Waals surface area contributed by atoms with Crippen molar-refractivity contribution in [3.63, 3.8) is 0 Å². The average Bonchev–Trinajstić information content (AvgIpc) is 2.44. The second kappa shape index (κ2) is 6.89. The molecule has 1 saturated heterocycles. The Balaban J connectivity index is 2.11. The molecule has 0 radical (unpaired) electrons. The standard InChI is InChI=1S/C15H24N2O2/c1-3-9-18-13-7-5-4-6-12(13)15(16)14-11-17(2)8-10-19-14/h4-7,14-15H,3,8-11,16H2,1-2H3. The molecule has 2 atom stereocenters. The highest BCUT2D eigenvalue weighted by molar-refractivity contribution is 5.36. The van der Waals surface area contributed by atoms with Crippen molar-refractivity contribution in [2.75, 3.05) is 33.4 Å². The van der Waals surface area contributed by atoms with Gasteiger partial charge in [-0.3, -0.25) is 0 Å². The van der Waals surface area contributed by atoms with E-state index in [0.717, 1.165) is 44.0 Å². The molecule has 0 aromatic heterocycles. The Kier molecular flexibility index (Phi) is 5.19. The van der Waals surface area contributed by atoms with Crippen LogP contribution < -0.4 is 10.5 Å². The smallest absolute Gasteiger partial charge is 0.124 e. The van der Waals surface area contributed by atoms with Gasteiger partial charge in [-0.1, -0.05) is 25.1 Å². The van der Waals surface area contributed by atoms with E-state index in [2.05, 4.69) is 18.9 Å². The summed E-state index contributed by atoms with van der Waals surface area (Å²) in [6.07, 6.45) is 1.02. The number of hydrogen-bond acceptors (Lipinski definition) is 4. The van der Waals surface area contributed by atoms with Gasteiger partial charge >= 0.3 is 0 Å². The molecule has 1 heterocycles. The number of para-hydroxylation sites is 1. The normalized spacial score (nSPS) is 22.2. The van der Waals surface area contributed by atoms with Crippen LogP contribution in [0.15, 0.2) is 24.3 Å². The molecule has 0 aliphatic carbocycles. The van der Waals surface area contributed by atoms with Gasteiger partial charge in [-0.15, -0.1) is 0 Å². The quantitative estimate of drug-likeness (QED) is 0.881. The molecular weight excluding hydrogens is 240 g/mol. The Labute approximate surface area is 115 Å². The first kappa shape index (κ1) is 14.3. The van der Waals surface area contributed by atoms with E-state index in [0.29, 0.717) is 0 Å². The molecule has 1 aromatic carbocycles. The van der Waals surface area contributed by atoms with Crippen molar-refractivity contribution in [3.05, 3.63) is 29.8 Å². The van der Waals surface area contributed by atoms with Crippen molar-refractivity contribution in [2.24, 2.45) is 5.73 Å². The van der Waals surface area contributed by atoms with Crippen LogP contribution in [-0.2, 0) is 4.74 Å². The Morgan fingerprint density at radius 1 is 1.47 bits per heavy atom. The van der Waals surface area contributed by atoms with Crippen molar-refractivity contribution < 1.29 is 9.47 Å². The lowest BCUT2D eigenvalue weighted by molar-refractivity contribution is -0.0329. The first-order valence-corrected chi connectivity index (χ1v) is 6.99. The topological polar surface area (TPSA) is 47.7 Å². The summed E-state index contributed by atoms with van der Waals surface area (Å²) < 4.78 is 11.6. The minimum atomic E-state index is -0.143. The van der Waals surface area contributed by atoms with E-state index in [1.807, 2.05) is 24.3 Å². The SMILES string of the molecule is CCCOc1ccccc1C(N)C1CN(C)CCO1. The molecule has 0 spiro atoms. The van der Waals surface area contributed by atoms with Crippen LogP contribution in [0.3, 0.4) is 0 Å². The number of likely N-dealkylation sites (N-methyl/N-ethyl adjacent to an activating group) is 1. The molecule has 1 aromatic rings. The van der Waals surface area contributed by atoms with Gasteiger partial charge in [0.15, 0.2) is 0 Å². The number of benzene rings is 1. The van der Waals surface area contributed by atoms with Crippen LogP contribution in [0.5, 0.6) is 5.75 Å². The second-order valence-electron chi connectivity index (χ2n) is 5.08. The molecule has 0 bridgehead atoms. The molecule has 2 N–H and O–H groups in total. The van der Waals surface area contributed by atoms with Crippen LogP contribution in [0.2, 0.25) is 0 Å². The lowest BCUT2D eigenvalue weighted by atomic mass is 10.00. The minimum absolute atomic E-state index is 0.0325. The molecule has 2 rings (SSSR count). The number of ether oxygens (including phenoxy) is 2. The fourth-order valence-corrected chi connectivity index (χ4v) is 2.33. The number of rotatable bonds is 5. The summed E-state index contributed by atoms with van der Waals surface area (Å²) in [6, 6.07) is 7.86. The Morgan fingerprint density at radius 2 is 2.26 bits per heavy atom. The zero-order chi connectivity index (χ0) is 13.7. The van der Waals surface area contributed by atoms with Gasteiger partial charge in [0.2, 0.25) is 0 Å². The Bertz CT molecular complexity index is 397. The molecule has 1 aliphatic heterocycles. The molecule has 4 nitrogen and oxygen atoms in total. The molecule has 4 heteroatoms. The molecule has 0 saturated carbocycles. The van der Waals surface area contributed by atoms with E-state index >= 15 is 0 Å². The molecule has 19 heavy (non-hydrogen) atoms. The summed E-state index contributed by atoms with van der Waals surface area (Å²) >= 11 is 0.